The van der Waals surface area contributed by atoms with Crippen molar-refractivity contribution < 1.29 is 14.4 Å². The van der Waals surface area contributed by atoms with Crippen LogP contribution in [0.2, 0.25) is 0 Å². The van der Waals surface area contributed by atoms with Crippen LogP contribution in [-0.2, 0) is 11.3 Å². The standard InChI is InChI=1S/C23H25N5O5/c1-3-27(12-11-19(29)25-16-8-5-14(6-9-16)20(24)30)22(32)15-7-10-18-17(13-15)26-21(31)23(33)28(18)4-2/h5-10,13H,3-4,11-12H2,1-2H3,(H2,24,30)(H,25,29)(H,26,31). The Morgan fingerprint density at radius 2 is 1.70 bits per heavy atom. The molecule has 0 aliphatic rings. The molecule has 0 bridgehead atoms. The molecule has 3 amide bonds. The molecule has 3 rings (SSSR count). The van der Waals surface area contributed by atoms with Crippen molar-refractivity contribution >= 4 is 34.4 Å². The molecule has 0 saturated heterocycles. The maximum atomic E-state index is 13.0. The van der Waals surface area contributed by atoms with E-state index < -0.39 is 17.0 Å². The Bertz CT molecular complexity index is 1320. The van der Waals surface area contributed by atoms with Crippen LogP contribution < -0.4 is 22.2 Å². The number of nitrogens with two attached hydrogens (primary N) is 1. The second-order valence-electron chi connectivity index (χ2n) is 7.36. The van der Waals surface area contributed by atoms with Gasteiger partial charge in [-0.05, 0) is 56.3 Å². The van der Waals surface area contributed by atoms with Crippen LogP contribution in [0.3, 0.4) is 0 Å². The van der Waals surface area contributed by atoms with Crippen molar-refractivity contribution in [1.29, 1.82) is 0 Å². The summed E-state index contributed by atoms with van der Waals surface area (Å²) in [5.74, 6) is -1.14. The number of carbonyl (C=O) groups is 3. The molecular formula is C23H25N5O5. The van der Waals surface area contributed by atoms with Crippen molar-refractivity contribution in [3.63, 3.8) is 0 Å². The highest BCUT2D eigenvalue weighted by Gasteiger charge is 2.17. The van der Waals surface area contributed by atoms with Crippen LogP contribution in [0.1, 0.15) is 41.0 Å². The summed E-state index contributed by atoms with van der Waals surface area (Å²) in [5.41, 5.74) is 5.92. The molecular weight excluding hydrogens is 426 g/mol. The number of hydrogen-bond donors (Lipinski definition) is 3. The first-order chi connectivity index (χ1) is 15.7. The zero-order valence-corrected chi connectivity index (χ0v) is 18.4. The number of aryl methyl sites for hydroxylation is 1. The fourth-order valence-electron chi connectivity index (χ4n) is 3.49. The number of H-pyrrole nitrogens is 1. The minimum absolute atomic E-state index is 0.0664. The van der Waals surface area contributed by atoms with E-state index in [1.807, 2.05) is 0 Å². The van der Waals surface area contributed by atoms with Gasteiger partial charge in [-0.3, -0.25) is 24.0 Å². The number of nitrogens with one attached hydrogen (secondary N) is 2. The van der Waals surface area contributed by atoms with E-state index >= 15 is 0 Å². The number of hydrogen-bond acceptors (Lipinski definition) is 5. The minimum Gasteiger partial charge on any atom is -0.366 e. The fourth-order valence-corrected chi connectivity index (χ4v) is 3.49. The van der Waals surface area contributed by atoms with Gasteiger partial charge in [-0.15, -0.1) is 0 Å². The zero-order valence-electron chi connectivity index (χ0n) is 18.4. The van der Waals surface area contributed by atoms with Crippen molar-refractivity contribution in [1.82, 2.24) is 14.5 Å². The summed E-state index contributed by atoms with van der Waals surface area (Å²) in [6, 6.07) is 10.9. The molecule has 0 aliphatic carbocycles. The van der Waals surface area contributed by atoms with Crippen LogP contribution in [0, 0.1) is 0 Å². The molecule has 1 aromatic heterocycles. The van der Waals surface area contributed by atoms with E-state index in [1.54, 1.807) is 38.1 Å². The molecule has 0 spiro atoms. The van der Waals surface area contributed by atoms with Crippen molar-refractivity contribution in [3.05, 3.63) is 74.3 Å². The first kappa shape index (κ1) is 23.5. The number of nitrogens with zero attached hydrogens (tertiary/aromatic N) is 2. The van der Waals surface area contributed by atoms with Gasteiger partial charge in [-0.1, -0.05) is 0 Å². The zero-order chi connectivity index (χ0) is 24.1. The Morgan fingerprint density at radius 1 is 1.03 bits per heavy atom. The Balaban J connectivity index is 1.70. The lowest BCUT2D eigenvalue weighted by molar-refractivity contribution is -0.116. The Hall–Kier alpha value is -4.21. The van der Waals surface area contributed by atoms with Crippen LogP contribution in [0.25, 0.3) is 11.0 Å². The van der Waals surface area contributed by atoms with E-state index in [0.29, 0.717) is 40.9 Å². The van der Waals surface area contributed by atoms with Crippen LogP contribution in [0.5, 0.6) is 0 Å². The van der Waals surface area contributed by atoms with E-state index in [1.165, 1.54) is 27.7 Å². The Labute approximate surface area is 189 Å². The first-order valence-electron chi connectivity index (χ1n) is 10.5. The molecule has 0 atom stereocenters. The van der Waals surface area contributed by atoms with Crippen LogP contribution >= 0.6 is 0 Å². The lowest BCUT2D eigenvalue weighted by atomic mass is 10.1. The van der Waals surface area contributed by atoms with Crippen molar-refractivity contribution in [2.45, 2.75) is 26.8 Å². The van der Waals surface area contributed by atoms with Crippen molar-refractivity contribution in [2.75, 3.05) is 18.4 Å². The van der Waals surface area contributed by atoms with Gasteiger partial charge in [0, 0.05) is 42.9 Å². The van der Waals surface area contributed by atoms with Gasteiger partial charge in [0.25, 0.3) is 5.91 Å². The number of fused-ring (bicyclic) bond motifs is 1. The van der Waals surface area contributed by atoms with Gasteiger partial charge >= 0.3 is 11.1 Å². The van der Waals surface area contributed by atoms with Crippen molar-refractivity contribution in [2.24, 2.45) is 5.73 Å². The van der Waals surface area contributed by atoms with Crippen LogP contribution in [0.4, 0.5) is 5.69 Å². The van der Waals surface area contributed by atoms with E-state index in [0.717, 1.165) is 0 Å². The molecule has 3 aromatic rings. The number of benzene rings is 2. The number of aromatic amines is 1. The lowest BCUT2D eigenvalue weighted by Gasteiger charge is -2.21. The molecule has 10 nitrogen and oxygen atoms in total. The minimum atomic E-state index is -0.748. The normalized spacial score (nSPS) is 10.7. The van der Waals surface area contributed by atoms with Gasteiger partial charge < -0.3 is 25.5 Å². The summed E-state index contributed by atoms with van der Waals surface area (Å²) >= 11 is 0. The topological polar surface area (TPSA) is 147 Å². The second-order valence-corrected chi connectivity index (χ2v) is 7.36. The lowest BCUT2D eigenvalue weighted by Crippen LogP contribution is -2.36. The number of amides is 3. The SMILES string of the molecule is CCN(CCC(=O)Nc1ccc(C(N)=O)cc1)C(=O)c1ccc2c(c1)[nH]c(=O)c(=O)n2CC. The van der Waals surface area contributed by atoms with Crippen LogP contribution in [-0.4, -0.2) is 45.3 Å². The molecule has 0 saturated carbocycles. The largest absolute Gasteiger partial charge is 0.366 e. The highest BCUT2D eigenvalue weighted by Crippen LogP contribution is 2.14. The highest BCUT2D eigenvalue weighted by atomic mass is 16.2. The molecule has 2 aromatic carbocycles. The summed E-state index contributed by atoms with van der Waals surface area (Å²) in [5, 5.41) is 2.71. The van der Waals surface area contributed by atoms with Gasteiger partial charge in [-0.2, -0.15) is 0 Å². The van der Waals surface area contributed by atoms with E-state index in [-0.39, 0.29) is 24.8 Å². The van der Waals surface area contributed by atoms with E-state index in [9.17, 15) is 24.0 Å². The summed E-state index contributed by atoms with van der Waals surface area (Å²) in [7, 11) is 0. The maximum Gasteiger partial charge on any atom is 0.316 e. The second kappa shape index (κ2) is 9.94. The van der Waals surface area contributed by atoms with Gasteiger partial charge in [-0.25, -0.2) is 0 Å². The number of aromatic nitrogens is 2. The molecule has 1 heterocycles. The fraction of sp³-hybridized carbons (Fsp3) is 0.261. The number of rotatable bonds is 8. The third-order valence-corrected chi connectivity index (χ3v) is 5.27. The Morgan fingerprint density at radius 3 is 2.30 bits per heavy atom. The molecule has 0 aliphatic heterocycles. The third kappa shape index (κ3) is 5.17. The number of anilines is 1. The molecule has 10 heteroatoms. The van der Waals surface area contributed by atoms with Crippen LogP contribution in [0.15, 0.2) is 52.1 Å². The average Bonchev–Trinajstić information content (AvgIpc) is 2.80. The maximum absolute atomic E-state index is 13.0. The average molecular weight is 451 g/mol. The van der Waals surface area contributed by atoms with Gasteiger partial charge in [0.05, 0.1) is 11.0 Å². The molecule has 0 radical (unpaired) electrons. The molecule has 4 N–H and O–H groups in total. The number of carbonyl (C=O) groups excluding carboxylic acids is 3. The summed E-state index contributed by atoms with van der Waals surface area (Å²) < 4.78 is 1.35. The summed E-state index contributed by atoms with van der Waals surface area (Å²) in [6.45, 7) is 4.45. The number of primary amides is 1. The monoisotopic (exact) mass is 451 g/mol. The Kier molecular flexibility index (Phi) is 7.07. The molecule has 33 heavy (non-hydrogen) atoms. The summed E-state index contributed by atoms with van der Waals surface area (Å²) in [6.07, 6.45) is 0.0664. The smallest absolute Gasteiger partial charge is 0.316 e. The van der Waals surface area contributed by atoms with Gasteiger partial charge in [0.2, 0.25) is 11.8 Å². The van der Waals surface area contributed by atoms with Gasteiger partial charge in [0.1, 0.15) is 0 Å². The predicted molar refractivity (Wildman–Crippen MR) is 124 cm³/mol. The summed E-state index contributed by atoms with van der Waals surface area (Å²) in [4.78, 5) is 64.4. The van der Waals surface area contributed by atoms with Crippen molar-refractivity contribution in [3.8, 4) is 0 Å². The van der Waals surface area contributed by atoms with E-state index in [2.05, 4.69) is 10.3 Å². The van der Waals surface area contributed by atoms with E-state index in [4.69, 9.17) is 5.73 Å². The molecule has 0 unspecified atom stereocenters. The third-order valence-electron chi connectivity index (χ3n) is 5.27. The first-order valence-corrected chi connectivity index (χ1v) is 10.5. The quantitative estimate of drug-likeness (QED) is 0.442. The molecule has 172 valence electrons. The highest BCUT2D eigenvalue weighted by molar-refractivity contribution is 5.98. The predicted octanol–water partition coefficient (Wildman–Crippen LogP) is 1.30. The molecule has 0 fully saturated rings. The van der Waals surface area contributed by atoms with Gasteiger partial charge in [0.15, 0.2) is 0 Å².